The van der Waals surface area contributed by atoms with Crippen molar-refractivity contribution in [3.8, 4) is 5.75 Å². The summed E-state index contributed by atoms with van der Waals surface area (Å²) in [5.74, 6) is 1.42. The predicted octanol–water partition coefficient (Wildman–Crippen LogP) is 9.08. The maximum atomic E-state index is 12.1. The van der Waals surface area contributed by atoms with Gasteiger partial charge in [0.1, 0.15) is 12.4 Å². The third-order valence-corrected chi connectivity index (χ3v) is 8.97. The van der Waals surface area contributed by atoms with Crippen LogP contribution in [0, 0.1) is 5.92 Å². The largest absolute Gasteiger partial charge is 0.489 e. The first-order valence-electron chi connectivity index (χ1n) is 19.4. The lowest BCUT2D eigenvalue weighted by molar-refractivity contribution is -0.129. The second-order valence-electron chi connectivity index (χ2n) is 13.5. The number of ether oxygens (including phenoxy) is 1. The maximum Gasteiger partial charge on any atom is 0.234 e. The number of rotatable bonds is 14. The summed E-state index contributed by atoms with van der Waals surface area (Å²) >= 11 is 0. The Morgan fingerprint density at radius 1 is 0.804 bits per heavy atom. The van der Waals surface area contributed by atoms with E-state index in [2.05, 4.69) is 79.2 Å². The molecule has 2 unspecified atom stereocenters. The molecular formula is C44H65N3O4. The monoisotopic (exact) mass is 699 g/mol. The number of hydrogen-bond donors (Lipinski definition) is 3. The molecule has 2 atom stereocenters. The summed E-state index contributed by atoms with van der Waals surface area (Å²) in [5, 5.41) is 8.60. The van der Waals surface area contributed by atoms with E-state index in [-0.39, 0.29) is 30.3 Å². The zero-order valence-corrected chi connectivity index (χ0v) is 32.1. The summed E-state index contributed by atoms with van der Waals surface area (Å²) in [5.41, 5.74) is 5.25. The summed E-state index contributed by atoms with van der Waals surface area (Å²) < 4.78 is 5.73. The highest BCUT2D eigenvalue weighted by Crippen LogP contribution is 2.29. The molecule has 2 aliphatic carbocycles. The third-order valence-electron chi connectivity index (χ3n) is 8.97. The smallest absolute Gasteiger partial charge is 0.234 e. The third kappa shape index (κ3) is 17.2. The van der Waals surface area contributed by atoms with Gasteiger partial charge >= 0.3 is 0 Å². The first-order chi connectivity index (χ1) is 24.9. The van der Waals surface area contributed by atoms with Crippen LogP contribution in [0.1, 0.15) is 127 Å². The molecule has 0 spiro atoms. The quantitative estimate of drug-likeness (QED) is 0.146. The van der Waals surface area contributed by atoms with Crippen molar-refractivity contribution in [3.63, 3.8) is 0 Å². The maximum absolute atomic E-state index is 12.1. The molecule has 0 saturated heterocycles. The van der Waals surface area contributed by atoms with Crippen LogP contribution in [0.15, 0.2) is 78.9 Å². The topological polar surface area (TPSA) is 96.5 Å². The van der Waals surface area contributed by atoms with E-state index < -0.39 is 0 Å². The molecule has 7 heteroatoms. The van der Waals surface area contributed by atoms with Gasteiger partial charge in [0.25, 0.3) is 0 Å². The number of carbonyl (C=O) groups excluding carboxylic acids is 3. The SMILES string of the molecule is CCC.CCCC(=O)C(NC(=O)CNC)C1CCCCC1.CCCc1ccc(OCc2ccccc2)cc1.O=CNC1CCCc2ccccc21. The van der Waals surface area contributed by atoms with E-state index in [1.165, 1.54) is 60.8 Å². The Bertz CT molecular complexity index is 1360. The molecule has 1 fully saturated rings. The second kappa shape index (κ2) is 26.8. The minimum absolute atomic E-state index is 0.0717. The molecule has 0 bridgehead atoms. The van der Waals surface area contributed by atoms with Crippen LogP contribution in [0.2, 0.25) is 0 Å². The van der Waals surface area contributed by atoms with Crippen molar-refractivity contribution < 1.29 is 19.1 Å². The molecule has 0 aliphatic heterocycles. The molecule has 0 heterocycles. The first kappa shape index (κ1) is 43.2. The van der Waals surface area contributed by atoms with Gasteiger partial charge in [0.05, 0.1) is 18.6 Å². The van der Waals surface area contributed by atoms with Gasteiger partial charge in [0.15, 0.2) is 5.78 Å². The van der Waals surface area contributed by atoms with E-state index in [4.69, 9.17) is 4.74 Å². The lowest BCUT2D eigenvalue weighted by Crippen LogP contribution is -2.48. The summed E-state index contributed by atoms with van der Waals surface area (Å²) in [4.78, 5) is 34.2. The molecular weight excluding hydrogens is 635 g/mol. The summed E-state index contributed by atoms with van der Waals surface area (Å²) in [6, 6.07) is 26.9. The summed E-state index contributed by atoms with van der Waals surface area (Å²) in [6.45, 7) is 9.36. The van der Waals surface area contributed by atoms with Crippen molar-refractivity contribution in [2.24, 2.45) is 5.92 Å². The Kier molecular flexibility index (Phi) is 22.7. The molecule has 51 heavy (non-hydrogen) atoms. The Morgan fingerprint density at radius 2 is 1.47 bits per heavy atom. The van der Waals surface area contributed by atoms with Crippen molar-refractivity contribution in [3.05, 3.63) is 101 Å². The zero-order chi connectivity index (χ0) is 37.1. The number of benzene rings is 3. The molecule has 2 aliphatic rings. The van der Waals surface area contributed by atoms with Crippen LogP contribution >= 0.6 is 0 Å². The number of hydrogen-bond acceptors (Lipinski definition) is 5. The Labute approximate surface area is 308 Å². The average Bonchev–Trinajstić information content (AvgIpc) is 3.16. The summed E-state index contributed by atoms with van der Waals surface area (Å²) in [6.07, 6.45) is 14.9. The number of carbonyl (C=O) groups is 3. The van der Waals surface area contributed by atoms with Gasteiger partial charge < -0.3 is 20.7 Å². The molecule has 280 valence electrons. The fraction of sp³-hybridized carbons (Fsp3) is 0.523. The normalized spacial score (nSPS) is 15.4. The van der Waals surface area contributed by atoms with Crippen LogP contribution in [-0.2, 0) is 33.8 Å². The van der Waals surface area contributed by atoms with Gasteiger partial charge in [-0.25, -0.2) is 0 Å². The van der Waals surface area contributed by atoms with Crippen LogP contribution < -0.4 is 20.7 Å². The fourth-order valence-electron chi connectivity index (χ4n) is 6.51. The number of aryl methyl sites for hydroxylation is 2. The van der Waals surface area contributed by atoms with E-state index in [0.29, 0.717) is 18.9 Å². The van der Waals surface area contributed by atoms with E-state index >= 15 is 0 Å². The zero-order valence-electron chi connectivity index (χ0n) is 32.1. The van der Waals surface area contributed by atoms with Crippen molar-refractivity contribution in [1.82, 2.24) is 16.0 Å². The van der Waals surface area contributed by atoms with Gasteiger partial charge in [0.2, 0.25) is 12.3 Å². The Morgan fingerprint density at radius 3 is 2.10 bits per heavy atom. The van der Waals surface area contributed by atoms with Crippen molar-refractivity contribution in [1.29, 1.82) is 0 Å². The standard InChI is InChI=1S/C16H18O.C14H26N2O2.C11H13NO.C3H8/c1-2-6-14-9-11-16(12-10-14)17-13-15-7-4-3-5-8-15;1-3-7-12(17)14(16-13(18)10-15-2)11-8-5-4-6-9-11;13-8-12-11-7-3-5-9-4-1-2-6-10(9)11;1-3-2/h3-5,7-12H,2,6,13H2,1H3;11,14-15H,3-10H2,1-2H3,(H,16,18);1-2,4,6,8,11H,3,5,7H2,(H,12,13);3H2,1-2H3. The number of likely N-dealkylation sites (N-methyl/N-ethyl adjacent to an activating group) is 1. The molecule has 5 rings (SSSR count). The van der Waals surface area contributed by atoms with Gasteiger partial charge in [-0.1, -0.05) is 127 Å². The number of ketones is 1. The van der Waals surface area contributed by atoms with E-state index in [1.807, 2.05) is 43.3 Å². The van der Waals surface area contributed by atoms with Crippen LogP contribution in [0.25, 0.3) is 0 Å². The van der Waals surface area contributed by atoms with Crippen LogP contribution in [0.4, 0.5) is 0 Å². The minimum atomic E-state index is -0.258. The van der Waals surface area contributed by atoms with E-state index in [1.54, 1.807) is 7.05 Å². The summed E-state index contributed by atoms with van der Waals surface area (Å²) in [7, 11) is 1.74. The Balaban J connectivity index is 0.000000257. The molecule has 0 radical (unpaired) electrons. The number of Topliss-reactive ketones (excluding diaryl/α,β-unsaturated/α-hetero) is 1. The van der Waals surface area contributed by atoms with Gasteiger partial charge in [-0.3, -0.25) is 14.4 Å². The predicted molar refractivity (Wildman–Crippen MR) is 211 cm³/mol. The fourth-order valence-corrected chi connectivity index (χ4v) is 6.51. The van der Waals surface area contributed by atoms with E-state index in [9.17, 15) is 14.4 Å². The van der Waals surface area contributed by atoms with Crippen molar-refractivity contribution in [2.45, 2.75) is 130 Å². The highest BCUT2D eigenvalue weighted by molar-refractivity contribution is 5.89. The molecule has 3 aromatic rings. The van der Waals surface area contributed by atoms with Gasteiger partial charge in [-0.15, -0.1) is 0 Å². The van der Waals surface area contributed by atoms with Crippen LogP contribution in [0.3, 0.4) is 0 Å². The molecule has 0 aromatic heterocycles. The minimum Gasteiger partial charge on any atom is -0.489 e. The van der Waals surface area contributed by atoms with Gasteiger partial charge in [-0.2, -0.15) is 0 Å². The number of fused-ring (bicyclic) bond motifs is 1. The lowest BCUT2D eigenvalue weighted by Gasteiger charge is -2.30. The first-order valence-corrected chi connectivity index (χ1v) is 19.4. The van der Waals surface area contributed by atoms with E-state index in [0.717, 1.165) is 50.7 Å². The second-order valence-corrected chi connectivity index (χ2v) is 13.5. The molecule has 3 N–H and O–H groups in total. The highest BCUT2D eigenvalue weighted by atomic mass is 16.5. The lowest BCUT2D eigenvalue weighted by atomic mass is 9.81. The average molecular weight is 700 g/mol. The van der Waals surface area contributed by atoms with Crippen molar-refractivity contribution >= 4 is 18.1 Å². The Hall–Kier alpha value is -3.97. The van der Waals surface area contributed by atoms with Crippen molar-refractivity contribution in [2.75, 3.05) is 13.6 Å². The molecule has 7 nitrogen and oxygen atoms in total. The molecule has 3 aromatic carbocycles. The number of nitrogens with one attached hydrogen (secondary N) is 3. The molecule has 2 amide bonds. The van der Waals surface area contributed by atoms with Gasteiger partial charge in [0, 0.05) is 6.42 Å². The van der Waals surface area contributed by atoms with Crippen LogP contribution in [0.5, 0.6) is 5.75 Å². The highest BCUT2D eigenvalue weighted by Gasteiger charge is 2.29. The molecule has 1 saturated carbocycles. The van der Waals surface area contributed by atoms with Crippen LogP contribution in [-0.4, -0.2) is 37.7 Å². The van der Waals surface area contributed by atoms with Gasteiger partial charge in [-0.05, 0) is 92.3 Å². The number of amides is 2.